The van der Waals surface area contributed by atoms with E-state index in [4.69, 9.17) is 9.15 Å². The highest BCUT2D eigenvalue weighted by Crippen LogP contribution is 2.20. The van der Waals surface area contributed by atoms with E-state index < -0.39 is 26.7 Å². The number of nitro groups is 1. The quantitative estimate of drug-likeness (QED) is 0.284. The number of hydrazone groups is 1. The highest BCUT2D eigenvalue weighted by molar-refractivity contribution is 7.92. The average Bonchev–Trinajstić information content (AvgIpc) is 3.24. The molecule has 0 aliphatic heterocycles. The van der Waals surface area contributed by atoms with Gasteiger partial charge in [-0.3, -0.25) is 19.6 Å². The van der Waals surface area contributed by atoms with Crippen LogP contribution in [0.4, 0.5) is 11.6 Å². The van der Waals surface area contributed by atoms with Crippen molar-refractivity contribution in [2.45, 2.75) is 11.8 Å². The molecule has 11 nitrogen and oxygen atoms in total. The molecule has 2 N–H and O–H groups in total. The van der Waals surface area contributed by atoms with E-state index in [9.17, 15) is 23.3 Å². The van der Waals surface area contributed by atoms with Crippen LogP contribution < -0.4 is 14.9 Å². The Morgan fingerprint density at radius 1 is 1.12 bits per heavy atom. The van der Waals surface area contributed by atoms with Crippen LogP contribution in [0.3, 0.4) is 0 Å². The lowest BCUT2D eigenvalue weighted by Gasteiger charge is -2.09. The first-order chi connectivity index (χ1) is 15.3. The van der Waals surface area contributed by atoms with Gasteiger partial charge >= 0.3 is 5.88 Å². The van der Waals surface area contributed by atoms with Crippen molar-refractivity contribution in [1.29, 1.82) is 0 Å². The molecule has 1 amide bonds. The predicted octanol–water partition coefficient (Wildman–Crippen LogP) is 3.15. The number of hydrogen-bond donors (Lipinski definition) is 2. The summed E-state index contributed by atoms with van der Waals surface area (Å²) >= 11 is 0. The van der Waals surface area contributed by atoms with Crippen molar-refractivity contribution < 1.29 is 27.3 Å². The molecule has 0 spiro atoms. The average molecular weight is 458 g/mol. The van der Waals surface area contributed by atoms with Gasteiger partial charge in [-0.25, -0.2) is 13.8 Å². The van der Waals surface area contributed by atoms with Gasteiger partial charge in [0.25, 0.3) is 15.9 Å². The van der Waals surface area contributed by atoms with Crippen molar-refractivity contribution in [2.24, 2.45) is 5.10 Å². The Hall–Kier alpha value is -4.19. The number of benzene rings is 2. The summed E-state index contributed by atoms with van der Waals surface area (Å²) in [6.45, 7) is 2.30. The number of anilines is 1. The predicted molar refractivity (Wildman–Crippen MR) is 115 cm³/mol. The smallest absolute Gasteiger partial charge is 0.433 e. The highest BCUT2D eigenvalue weighted by atomic mass is 32.2. The van der Waals surface area contributed by atoms with E-state index in [1.54, 1.807) is 12.1 Å². The summed E-state index contributed by atoms with van der Waals surface area (Å²) in [6, 6.07) is 14.2. The molecule has 0 saturated heterocycles. The van der Waals surface area contributed by atoms with Crippen LogP contribution >= 0.6 is 0 Å². The number of nitrogens with one attached hydrogen (secondary N) is 2. The van der Waals surface area contributed by atoms with E-state index in [1.807, 2.05) is 6.92 Å². The summed E-state index contributed by atoms with van der Waals surface area (Å²) < 4.78 is 37.6. The summed E-state index contributed by atoms with van der Waals surface area (Å²) in [5.74, 6) is -0.352. The largest absolute Gasteiger partial charge is 0.494 e. The van der Waals surface area contributed by atoms with Gasteiger partial charge in [0.1, 0.15) is 10.7 Å². The molecule has 12 heteroatoms. The molecule has 0 unspecified atom stereocenters. The van der Waals surface area contributed by atoms with Gasteiger partial charge in [-0.2, -0.15) is 5.10 Å². The lowest BCUT2D eigenvalue weighted by atomic mass is 10.2. The van der Waals surface area contributed by atoms with Crippen molar-refractivity contribution in [3.63, 3.8) is 0 Å². The van der Waals surface area contributed by atoms with Crippen molar-refractivity contribution in [2.75, 3.05) is 11.3 Å². The first-order valence-electron chi connectivity index (χ1n) is 9.22. The van der Waals surface area contributed by atoms with Crippen LogP contribution in [0.5, 0.6) is 5.75 Å². The Morgan fingerprint density at radius 3 is 2.41 bits per heavy atom. The number of nitrogens with zero attached hydrogens (tertiary/aromatic N) is 2. The van der Waals surface area contributed by atoms with Gasteiger partial charge in [0.15, 0.2) is 5.76 Å². The molecule has 32 heavy (non-hydrogen) atoms. The molecule has 1 heterocycles. The van der Waals surface area contributed by atoms with Gasteiger partial charge in [0.2, 0.25) is 0 Å². The van der Waals surface area contributed by atoms with Crippen LogP contribution in [0.1, 0.15) is 23.0 Å². The maximum Gasteiger partial charge on any atom is 0.433 e. The minimum Gasteiger partial charge on any atom is -0.494 e. The number of ether oxygens (including phenoxy) is 1. The Morgan fingerprint density at radius 2 is 1.81 bits per heavy atom. The molecule has 166 valence electrons. The van der Waals surface area contributed by atoms with E-state index in [0.717, 1.165) is 12.3 Å². The summed E-state index contributed by atoms with van der Waals surface area (Å²) in [5, 5.41) is 14.2. The third-order valence-corrected chi connectivity index (χ3v) is 5.39. The normalized spacial score (nSPS) is 11.3. The second-order valence-electron chi connectivity index (χ2n) is 6.22. The molecule has 0 radical (unpaired) electrons. The third kappa shape index (κ3) is 5.70. The zero-order valence-corrected chi connectivity index (χ0v) is 17.5. The van der Waals surface area contributed by atoms with Crippen LogP contribution in [-0.2, 0) is 10.0 Å². The SMILES string of the molecule is CCOc1ccc(S(=O)(=O)Nc2ccc(C(=O)N/N=C/c3ccc([N+](=O)[O-])o3)cc2)cc1. The highest BCUT2D eigenvalue weighted by Gasteiger charge is 2.15. The lowest BCUT2D eigenvalue weighted by molar-refractivity contribution is -0.402. The fourth-order valence-electron chi connectivity index (χ4n) is 2.51. The van der Waals surface area contributed by atoms with Crippen LogP contribution in [0.25, 0.3) is 0 Å². The topological polar surface area (TPSA) is 153 Å². The molecule has 0 atom stereocenters. The zero-order valence-electron chi connectivity index (χ0n) is 16.7. The minimum atomic E-state index is -3.82. The standard InChI is InChI=1S/C20H18N4O7S/c1-2-30-16-7-10-18(11-8-16)32(28,29)23-15-5-3-14(4-6-15)20(25)22-21-13-17-9-12-19(31-17)24(26)27/h3-13,23H,2H2,1H3,(H,22,25)/b21-13+. The van der Waals surface area contributed by atoms with E-state index in [-0.39, 0.29) is 21.9 Å². The van der Waals surface area contributed by atoms with E-state index >= 15 is 0 Å². The van der Waals surface area contributed by atoms with Gasteiger partial charge < -0.3 is 9.15 Å². The van der Waals surface area contributed by atoms with Crippen LogP contribution in [0, 0.1) is 10.1 Å². The van der Waals surface area contributed by atoms with Crippen molar-refractivity contribution in [3.05, 3.63) is 82.1 Å². The maximum absolute atomic E-state index is 12.5. The molecule has 1 aromatic heterocycles. The molecule has 3 rings (SSSR count). The van der Waals surface area contributed by atoms with E-state index in [0.29, 0.717) is 12.4 Å². The molecular formula is C20H18N4O7S. The Labute approximate surface area is 182 Å². The fourth-order valence-corrected chi connectivity index (χ4v) is 3.57. The summed E-state index contributed by atoms with van der Waals surface area (Å²) in [5.41, 5.74) is 2.73. The van der Waals surface area contributed by atoms with Crippen LogP contribution in [-0.4, -0.2) is 32.1 Å². The Bertz CT molecular complexity index is 1230. The van der Waals surface area contributed by atoms with Gasteiger partial charge in [-0.05, 0) is 61.5 Å². The number of carbonyl (C=O) groups excluding carboxylic acids is 1. The summed E-state index contributed by atoms with van der Waals surface area (Å²) in [4.78, 5) is 22.1. The lowest BCUT2D eigenvalue weighted by Crippen LogP contribution is -2.18. The van der Waals surface area contributed by atoms with E-state index in [2.05, 4.69) is 15.2 Å². The zero-order chi connectivity index (χ0) is 23.1. The number of sulfonamides is 1. The fraction of sp³-hybridized carbons (Fsp3) is 0.100. The number of hydrogen-bond acceptors (Lipinski definition) is 8. The monoisotopic (exact) mass is 458 g/mol. The molecule has 3 aromatic rings. The molecule has 0 aliphatic carbocycles. The van der Waals surface area contributed by atoms with Gasteiger partial charge in [0, 0.05) is 11.3 Å². The van der Waals surface area contributed by atoms with Crippen molar-refractivity contribution >= 4 is 33.7 Å². The van der Waals surface area contributed by atoms with Gasteiger partial charge in [0.05, 0.1) is 23.8 Å². The molecule has 2 aromatic carbocycles. The first kappa shape index (κ1) is 22.5. The summed E-state index contributed by atoms with van der Waals surface area (Å²) in [7, 11) is -3.82. The van der Waals surface area contributed by atoms with Crippen molar-refractivity contribution in [3.8, 4) is 5.75 Å². The molecule has 0 fully saturated rings. The summed E-state index contributed by atoms with van der Waals surface area (Å²) in [6.07, 6.45) is 1.12. The van der Waals surface area contributed by atoms with Gasteiger partial charge in [-0.15, -0.1) is 0 Å². The Balaban J connectivity index is 1.60. The molecular weight excluding hydrogens is 440 g/mol. The number of rotatable bonds is 9. The van der Waals surface area contributed by atoms with Crippen LogP contribution in [0.15, 0.2) is 75.1 Å². The first-order valence-corrected chi connectivity index (χ1v) is 10.7. The molecule has 0 bridgehead atoms. The minimum absolute atomic E-state index is 0.0651. The van der Waals surface area contributed by atoms with Crippen LogP contribution in [0.2, 0.25) is 0 Å². The second kappa shape index (κ2) is 9.75. The Kier molecular flexibility index (Phi) is 6.85. The second-order valence-corrected chi connectivity index (χ2v) is 7.90. The van der Waals surface area contributed by atoms with Crippen molar-refractivity contribution in [1.82, 2.24) is 5.43 Å². The van der Waals surface area contributed by atoms with Gasteiger partial charge in [-0.1, -0.05) is 0 Å². The van der Waals surface area contributed by atoms with E-state index in [1.165, 1.54) is 42.5 Å². The number of carbonyl (C=O) groups is 1. The number of furan rings is 1. The molecule has 0 aliphatic rings. The molecule has 0 saturated carbocycles. The maximum atomic E-state index is 12.5. The number of amides is 1. The third-order valence-electron chi connectivity index (χ3n) is 3.99.